The van der Waals surface area contributed by atoms with Gasteiger partial charge in [0.2, 0.25) is 0 Å². The molecule has 1 heterocycles. The van der Waals surface area contributed by atoms with Gasteiger partial charge in [0.15, 0.2) is 12.4 Å². The number of esters is 1. The molecule has 3 N–H and O–H groups in total. The van der Waals surface area contributed by atoms with Crippen LogP contribution in [0.3, 0.4) is 0 Å². The average molecular weight is 554 g/mol. The van der Waals surface area contributed by atoms with Crippen LogP contribution in [0.5, 0.6) is 0 Å². The number of aliphatic hydroxyl groups excluding tert-OH is 2. The van der Waals surface area contributed by atoms with E-state index >= 15 is 0 Å². The highest BCUT2D eigenvalue weighted by molar-refractivity contribution is 5.89. The van der Waals surface area contributed by atoms with Crippen LogP contribution >= 0.6 is 0 Å². The van der Waals surface area contributed by atoms with E-state index < -0.39 is 54.0 Å². The van der Waals surface area contributed by atoms with Crippen LogP contribution in [0.2, 0.25) is 0 Å². The van der Waals surface area contributed by atoms with Crippen LogP contribution in [-0.2, 0) is 23.7 Å². The van der Waals surface area contributed by atoms with Gasteiger partial charge in [-0.25, -0.2) is 4.79 Å². The third-order valence-electron chi connectivity index (χ3n) is 7.84. The van der Waals surface area contributed by atoms with E-state index in [1.165, 1.54) is 14.0 Å². The third-order valence-corrected chi connectivity index (χ3v) is 7.84. The molecule has 1 aliphatic rings. The van der Waals surface area contributed by atoms with Crippen molar-refractivity contribution in [1.29, 1.82) is 0 Å². The van der Waals surface area contributed by atoms with Crippen LogP contribution in [-0.4, -0.2) is 102 Å². The van der Waals surface area contributed by atoms with Crippen LogP contribution < -0.4 is 0 Å². The Morgan fingerprint density at radius 2 is 1.79 bits per heavy atom. The second kappa shape index (κ2) is 14.5. The zero-order valence-electron chi connectivity index (χ0n) is 24.4. The Morgan fingerprint density at radius 1 is 1.18 bits per heavy atom. The van der Waals surface area contributed by atoms with E-state index in [2.05, 4.69) is 0 Å². The molecule has 0 aromatic heterocycles. The molecule has 0 saturated carbocycles. The number of benzene rings is 1. The molecule has 0 spiro atoms. The standard InChI is InChI=1S/C29H47NO9/c1-17(16-31)15-29(5,36-8)25(19(3)23(32)20(4)26(33)34)39-28-24(22(30(6)7)14-18(2)37-28)38-27(35)21-12-10-9-11-13-21/h9-13,17-20,22-25,28,31-32H,14-16H2,1-8H3,(H,33,34)/t17-,18-,19+,20-,22+,23+,24-,25-,28?,29-/m1/s1. The van der Waals surface area contributed by atoms with Gasteiger partial charge in [-0.15, -0.1) is 0 Å². The molecule has 0 radical (unpaired) electrons. The van der Waals surface area contributed by atoms with Gasteiger partial charge in [-0.2, -0.15) is 0 Å². The first-order chi connectivity index (χ1) is 18.2. The summed E-state index contributed by atoms with van der Waals surface area (Å²) in [5, 5.41) is 30.4. The molecule has 1 aromatic rings. The molecular weight excluding hydrogens is 506 g/mol. The number of hydrogen-bond donors (Lipinski definition) is 3. The summed E-state index contributed by atoms with van der Waals surface area (Å²) in [6.07, 6.45) is -3.32. The minimum Gasteiger partial charge on any atom is -0.481 e. The van der Waals surface area contributed by atoms with E-state index in [9.17, 15) is 24.9 Å². The second-order valence-electron chi connectivity index (χ2n) is 11.4. The number of carbonyl (C=O) groups is 2. The monoisotopic (exact) mass is 553 g/mol. The lowest BCUT2D eigenvalue weighted by molar-refractivity contribution is -0.300. The van der Waals surface area contributed by atoms with Gasteiger partial charge >= 0.3 is 11.9 Å². The summed E-state index contributed by atoms with van der Waals surface area (Å²) in [6.45, 7) is 8.62. The first kappa shape index (κ1) is 33.1. The predicted molar refractivity (Wildman–Crippen MR) is 145 cm³/mol. The molecule has 0 amide bonds. The van der Waals surface area contributed by atoms with Gasteiger partial charge in [0, 0.05) is 19.6 Å². The normalized spacial score (nSPS) is 27.2. The summed E-state index contributed by atoms with van der Waals surface area (Å²) in [5.41, 5.74) is -0.659. The maximum atomic E-state index is 13.1. The minimum absolute atomic E-state index is 0.0921. The summed E-state index contributed by atoms with van der Waals surface area (Å²) in [7, 11) is 5.30. The minimum atomic E-state index is -1.28. The molecule has 10 heteroatoms. The molecule has 1 unspecified atom stereocenters. The SMILES string of the molecule is CO[C@](C)(C[C@@H](C)CO)[C@H](OC1O[C@H](C)C[C@H](N(C)C)[C@H]1OC(=O)c1ccccc1)[C@@H](C)[C@H](O)[C@@H](C)C(=O)O. The highest BCUT2D eigenvalue weighted by Gasteiger charge is 2.49. The van der Waals surface area contributed by atoms with Gasteiger partial charge in [0.1, 0.15) is 0 Å². The summed E-state index contributed by atoms with van der Waals surface area (Å²) < 4.78 is 24.8. The molecule has 1 aliphatic heterocycles. The average Bonchev–Trinajstić information content (AvgIpc) is 2.91. The number of ether oxygens (including phenoxy) is 4. The smallest absolute Gasteiger partial charge is 0.338 e. The Labute approximate surface area is 232 Å². The first-order valence-corrected chi connectivity index (χ1v) is 13.6. The van der Waals surface area contributed by atoms with Gasteiger partial charge in [0.25, 0.3) is 0 Å². The van der Waals surface area contributed by atoms with Crippen molar-refractivity contribution < 1.29 is 43.9 Å². The van der Waals surface area contributed by atoms with Gasteiger partial charge < -0.3 is 39.2 Å². The number of aliphatic carboxylic acids is 1. The number of carboxylic acid groups (broad SMARTS) is 1. The summed E-state index contributed by atoms with van der Waals surface area (Å²) in [6, 6.07) is 8.41. The predicted octanol–water partition coefficient (Wildman–Crippen LogP) is 2.80. The van der Waals surface area contributed by atoms with Crippen LogP contribution in [0.4, 0.5) is 0 Å². The number of nitrogens with zero attached hydrogens (tertiary/aromatic N) is 1. The summed E-state index contributed by atoms with van der Waals surface area (Å²) >= 11 is 0. The zero-order chi connectivity index (χ0) is 29.5. The van der Waals surface area contributed by atoms with Crippen molar-refractivity contribution in [3.63, 3.8) is 0 Å². The van der Waals surface area contributed by atoms with Crippen molar-refractivity contribution in [2.24, 2.45) is 17.8 Å². The van der Waals surface area contributed by atoms with Crippen LogP contribution in [0.25, 0.3) is 0 Å². The quantitative estimate of drug-likeness (QED) is 0.295. The largest absolute Gasteiger partial charge is 0.481 e. The number of carbonyl (C=O) groups excluding carboxylic acids is 1. The molecule has 1 fully saturated rings. The van der Waals surface area contributed by atoms with Gasteiger partial charge in [-0.05, 0) is 65.8 Å². The zero-order valence-corrected chi connectivity index (χ0v) is 24.4. The van der Waals surface area contributed by atoms with E-state index in [4.69, 9.17) is 18.9 Å². The molecule has 0 aliphatic carbocycles. The fourth-order valence-electron chi connectivity index (χ4n) is 5.35. The molecular formula is C29H47NO9. The molecule has 0 bridgehead atoms. The van der Waals surface area contributed by atoms with Crippen LogP contribution in [0.15, 0.2) is 30.3 Å². The fraction of sp³-hybridized carbons (Fsp3) is 0.724. The number of carboxylic acids is 1. The lowest BCUT2D eigenvalue weighted by Gasteiger charge is -2.48. The summed E-state index contributed by atoms with van der Waals surface area (Å²) in [5.74, 6) is -3.63. The highest BCUT2D eigenvalue weighted by atomic mass is 16.7. The Morgan fingerprint density at radius 3 is 2.31 bits per heavy atom. The molecule has 10 atom stereocenters. The van der Waals surface area contributed by atoms with E-state index in [1.54, 1.807) is 38.1 Å². The molecule has 39 heavy (non-hydrogen) atoms. The molecule has 1 aromatic carbocycles. The maximum Gasteiger partial charge on any atom is 0.338 e. The Balaban J connectivity index is 2.51. The molecule has 222 valence electrons. The number of hydrogen-bond acceptors (Lipinski definition) is 9. The van der Waals surface area contributed by atoms with Crippen molar-refractivity contribution in [1.82, 2.24) is 4.90 Å². The van der Waals surface area contributed by atoms with Crippen LogP contribution in [0.1, 0.15) is 57.8 Å². The fourth-order valence-corrected chi connectivity index (χ4v) is 5.35. The topological polar surface area (TPSA) is 135 Å². The molecule has 10 nitrogen and oxygen atoms in total. The van der Waals surface area contributed by atoms with Crippen molar-refractivity contribution in [2.45, 2.75) is 89.8 Å². The van der Waals surface area contributed by atoms with Crippen molar-refractivity contribution in [2.75, 3.05) is 27.8 Å². The van der Waals surface area contributed by atoms with Gasteiger partial charge in [-0.1, -0.05) is 32.0 Å². The second-order valence-corrected chi connectivity index (χ2v) is 11.4. The lowest BCUT2D eigenvalue weighted by atomic mass is 9.78. The van der Waals surface area contributed by atoms with Gasteiger partial charge in [-0.3, -0.25) is 4.79 Å². The first-order valence-electron chi connectivity index (χ1n) is 13.6. The third kappa shape index (κ3) is 8.45. The number of rotatable bonds is 14. The summed E-state index contributed by atoms with van der Waals surface area (Å²) in [4.78, 5) is 26.8. The van der Waals surface area contributed by atoms with Crippen molar-refractivity contribution >= 4 is 11.9 Å². The van der Waals surface area contributed by atoms with E-state index in [1.807, 2.05) is 38.9 Å². The van der Waals surface area contributed by atoms with E-state index in [0.717, 1.165) is 0 Å². The van der Waals surface area contributed by atoms with Crippen LogP contribution in [0, 0.1) is 17.8 Å². The number of likely N-dealkylation sites (N-methyl/N-ethyl adjacent to an activating group) is 1. The Bertz CT molecular complexity index is 913. The van der Waals surface area contributed by atoms with E-state index in [-0.39, 0.29) is 24.7 Å². The molecule has 1 saturated heterocycles. The highest BCUT2D eigenvalue weighted by Crippen LogP contribution is 2.37. The van der Waals surface area contributed by atoms with E-state index in [0.29, 0.717) is 18.4 Å². The number of aliphatic hydroxyl groups is 2. The Hall–Kier alpha value is -2.08. The maximum absolute atomic E-state index is 13.1. The number of methoxy groups -OCH3 is 1. The van der Waals surface area contributed by atoms with Crippen molar-refractivity contribution in [3.05, 3.63) is 35.9 Å². The lowest BCUT2D eigenvalue weighted by Crippen LogP contribution is -2.60. The molecule has 2 rings (SSSR count). The van der Waals surface area contributed by atoms with Crippen molar-refractivity contribution in [3.8, 4) is 0 Å². The van der Waals surface area contributed by atoms with Gasteiger partial charge in [0.05, 0.1) is 41.4 Å². The Kier molecular flexibility index (Phi) is 12.3.